The number of carbonyl (C=O) groups excluding carboxylic acids is 1. The highest BCUT2D eigenvalue weighted by Gasteiger charge is 2.33. The van der Waals surface area contributed by atoms with Gasteiger partial charge in [0.2, 0.25) is 0 Å². The summed E-state index contributed by atoms with van der Waals surface area (Å²) < 4.78 is 5.39. The quantitative estimate of drug-likeness (QED) is 0.607. The van der Waals surface area contributed by atoms with Gasteiger partial charge in [-0.05, 0) is 61.5 Å². The van der Waals surface area contributed by atoms with E-state index in [1.165, 1.54) is 17.3 Å². The maximum atomic E-state index is 12.9. The van der Waals surface area contributed by atoms with Crippen molar-refractivity contribution in [3.05, 3.63) is 63.5 Å². The van der Waals surface area contributed by atoms with Crippen molar-refractivity contribution >= 4 is 46.2 Å². The fourth-order valence-corrected chi connectivity index (χ4v) is 3.90. The molecule has 2 aromatic rings. The van der Waals surface area contributed by atoms with Gasteiger partial charge in [0, 0.05) is 17.1 Å². The molecule has 0 bridgehead atoms. The molecular formula is C21H21ClN2O2S. The van der Waals surface area contributed by atoms with Crippen molar-refractivity contribution in [2.75, 3.05) is 13.7 Å². The van der Waals surface area contributed by atoms with Gasteiger partial charge in [0.15, 0.2) is 5.17 Å². The predicted molar refractivity (Wildman–Crippen MR) is 114 cm³/mol. The lowest BCUT2D eigenvalue weighted by Crippen LogP contribution is -2.29. The number of carbonyl (C=O) groups is 1. The molecule has 140 valence electrons. The van der Waals surface area contributed by atoms with Crippen molar-refractivity contribution in [2.24, 2.45) is 4.99 Å². The monoisotopic (exact) mass is 400 g/mol. The molecule has 1 aliphatic heterocycles. The topological polar surface area (TPSA) is 41.9 Å². The summed E-state index contributed by atoms with van der Waals surface area (Å²) in [7, 11) is 1.60. The average Bonchev–Trinajstić information content (AvgIpc) is 2.93. The first-order valence-electron chi connectivity index (χ1n) is 8.72. The lowest BCUT2D eigenvalue weighted by molar-refractivity contribution is -0.122. The Morgan fingerprint density at radius 3 is 2.63 bits per heavy atom. The van der Waals surface area contributed by atoms with Crippen molar-refractivity contribution in [3.8, 4) is 5.75 Å². The summed E-state index contributed by atoms with van der Waals surface area (Å²) in [4.78, 5) is 19.9. The van der Waals surface area contributed by atoms with Crippen molar-refractivity contribution in [1.82, 2.24) is 4.90 Å². The Morgan fingerprint density at radius 1 is 1.22 bits per heavy atom. The van der Waals surface area contributed by atoms with E-state index in [1.807, 2.05) is 44.2 Å². The number of amides is 1. The van der Waals surface area contributed by atoms with Crippen molar-refractivity contribution in [1.29, 1.82) is 0 Å². The Kier molecular flexibility index (Phi) is 6.24. The zero-order valence-corrected chi connectivity index (χ0v) is 17.1. The minimum Gasteiger partial charge on any atom is -0.496 e. The number of aryl methyl sites for hydroxylation is 1. The number of aliphatic imine (C=N–C) groups is 1. The molecule has 0 aromatic heterocycles. The fraction of sp³-hybridized carbons (Fsp3) is 0.238. The average molecular weight is 401 g/mol. The van der Waals surface area contributed by atoms with Crippen LogP contribution in [0.25, 0.3) is 6.08 Å². The molecule has 27 heavy (non-hydrogen) atoms. The summed E-state index contributed by atoms with van der Waals surface area (Å²) in [6, 6.07) is 13.3. The lowest BCUT2D eigenvalue weighted by Gasteiger charge is -2.14. The summed E-state index contributed by atoms with van der Waals surface area (Å²) in [5.41, 5.74) is 2.78. The Hall–Kier alpha value is -2.24. The standard InChI is InChI=1S/C21H21ClN2O2S/c1-4-11-24-20(25)19(13-15-12-16(22)7-10-18(15)26-3)27-21(24)23-17-8-5-14(2)6-9-17/h5-10,12-13H,4,11H2,1-3H3/b19-13-,23-21?. The van der Waals surface area contributed by atoms with Crippen molar-refractivity contribution in [3.63, 3.8) is 0 Å². The molecule has 4 nitrogen and oxygen atoms in total. The van der Waals surface area contributed by atoms with E-state index in [4.69, 9.17) is 16.3 Å². The van der Waals surface area contributed by atoms with Crippen LogP contribution in [0.1, 0.15) is 24.5 Å². The maximum Gasteiger partial charge on any atom is 0.266 e. The van der Waals surface area contributed by atoms with Gasteiger partial charge in [0.1, 0.15) is 5.75 Å². The van der Waals surface area contributed by atoms with Crippen LogP contribution < -0.4 is 4.74 Å². The van der Waals surface area contributed by atoms with Gasteiger partial charge in [0.25, 0.3) is 5.91 Å². The Labute approximate surface area is 168 Å². The number of rotatable bonds is 5. The van der Waals surface area contributed by atoms with Gasteiger partial charge in [-0.25, -0.2) is 4.99 Å². The summed E-state index contributed by atoms with van der Waals surface area (Å²) in [6.45, 7) is 4.71. The van der Waals surface area contributed by atoms with Crippen LogP contribution in [-0.2, 0) is 4.79 Å². The van der Waals surface area contributed by atoms with E-state index in [2.05, 4.69) is 4.99 Å². The minimum absolute atomic E-state index is 0.0465. The Balaban J connectivity index is 1.98. The zero-order valence-electron chi connectivity index (χ0n) is 15.5. The molecule has 1 aliphatic rings. The van der Waals surface area contributed by atoms with Gasteiger partial charge in [0.05, 0.1) is 17.7 Å². The third-order valence-electron chi connectivity index (χ3n) is 4.07. The largest absolute Gasteiger partial charge is 0.496 e. The first-order chi connectivity index (χ1) is 13.0. The van der Waals surface area contributed by atoms with Gasteiger partial charge in [-0.3, -0.25) is 9.69 Å². The molecule has 1 fully saturated rings. The minimum atomic E-state index is -0.0465. The number of ether oxygens (including phenoxy) is 1. The molecule has 1 heterocycles. The van der Waals surface area contributed by atoms with Crippen LogP contribution in [0.2, 0.25) is 5.02 Å². The second-order valence-electron chi connectivity index (χ2n) is 6.18. The second-order valence-corrected chi connectivity index (χ2v) is 7.63. The number of hydrogen-bond acceptors (Lipinski definition) is 4. The highest BCUT2D eigenvalue weighted by molar-refractivity contribution is 8.18. The Morgan fingerprint density at radius 2 is 1.96 bits per heavy atom. The molecule has 6 heteroatoms. The van der Waals surface area contributed by atoms with Crippen LogP contribution >= 0.6 is 23.4 Å². The molecule has 0 unspecified atom stereocenters. The smallest absolute Gasteiger partial charge is 0.266 e. The number of nitrogens with zero attached hydrogens (tertiary/aromatic N) is 2. The van der Waals surface area contributed by atoms with Crippen molar-refractivity contribution in [2.45, 2.75) is 20.3 Å². The van der Waals surface area contributed by atoms with Gasteiger partial charge in [-0.15, -0.1) is 0 Å². The lowest BCUT2D eigenvalue weighted by atomic mass is 10.2. The van der Waals surface area contributed by atoms with Gasteiger partial charge in [-0.1, -0.05) is 36.2 Å². The molecule has 0 spiro atoms. The normalized spacial score (nSPS) is 17.2. The predicted octanol–water partition coefficient (Wildman–Crippen LogP) is 5.67. The van der Waals surface area contributed by atoms with Gasteiger partial charge in [-0.2, -0.15) is 0 Å². The number of benzene rings is 2. The second kappa shape index (κ2) is 8.63. The highest BCUT2D eigenvalue weighted by atomic mass is 35.5. The molecule has 2 aromatic carbocycles. The summed E-state index contributed by atoms with van der Waals surface area (Å²) in [5.74, 6) is 0.626. The number of halogens is 1. The van der Waals surface area contributed by atoms with E-state index in [0.29, 0.717) is 27.4 Å². The number of amidine groups is 1. The molecule has 0 N–H and O–H groups in total. The van der Waals surface area contributed by atoms with Crippen LogP contribution in [-0.4, -0.2) is 29.6 Å². The van der Waals surface area contributed by atoms with Crippen LogP contribution in [0.3, 0.4) is 0 Å². The maximum absolute atomic E-state index is 12.9. The zero-order chi connectivity index (χ0) is 19.4. The number of hydrogen-bond donors (Lipinski definition) is 0. The first-order valence-corrected chi connectivity index (χ1v) is 9.91. The van der Waals surface area contributed by atoms with Crippen LogP contribution in [0, 0.1) is 6.92 Å². The Bertz CT molecular complexity index is 907. The van der Waals surface area contributed by atoms with E-state index in [9.17, 15) is 4.79 Å². The molecule has 0 saturated carbocycles. The first kappa shape index (κ1) is 19.5. The number of thioether (sulfide) groups is 1. The summed E-state index contributed by atoms with van der Waals surface area (Å²) in [5, 5.41) is 1.29. The fourth-order valence-electron chi connectivity index (χ4n) is 2.70. The van der Waals surface area contributed by atoms with Crippen molar-refractivity contribution < 1.29 is 9.53 Å². The molecular weight excluding hydrogens is 380 g/mol. The SMILES string of the molecule is CCCN1C(=O)/C(=C/c2cc(Cl)ccc2OC)SC1=Nc1ccc(C)cc1. The third kappa shape index (κ3) is 4.54. The highest BCUT2D eigenvalue weighted by Crippen LogP contribution is 2.36. The third-order valence-corrected chi connectivity index (χ3v) is 5.31. The van der Waals surface area contributed by atoms with Crippen LogP contribution in [0.5, 0.6) is 5.75 Å². The molecule has 0 atom stereocenters. The summed E-state index contributed by atoms with van der Waals surface area (Å²) >= 11 is 7.49. The summed E-state index contributed by atoms with van der Waals surface area (Å²) in [6.07, 6.45) is 2.67. The molecule has 3 rings (SSSR count). The molecule has 1 amide bonds. The van der Waals surface area contributed by atoms with Gasteiger partial charge < -0.3 is 4.74 Å². The van der Waals surface area contributed by atoms with E-state index in [1.54, 1.807) is 30.2 Å². The molecule has 1 saturated heterocycles. The number of methoxy groups -OCH3 is 1. The molecule has 0 radical (unpaired) electrons. The molecule has 0 aliphatic carbocycles. The van der Waals surface area contributed by atoms with Crippen LogP contribution in [0.4, 0.5) is 5.69 Å². The van der Waals surface area contributed by atoms with E-state index < -0.39 is 0 Å². The van der Waals surface area contributed by atoms with E-state index in [0.717, 1.165) is 17.7 Å². The van der Waals surface area contributed by atoms with E-state index in [-0.39, 0.29) is 5.91 Å². The van der Waals surface area contributed by atoms with E-state index >= 15 is 0 Å². The van der Waals surface area contributed by atoms with Crippen LogP contribution in [0.15, 0.2) is 52.4 Å². The van der Waals surface area contributed by atoms with Gasteiger partial charge >= 0.3 is 0 Å².